The number of amides is 1. The monoisotopic (exact) mass is 352 g/mol. The first kappa shape index (κ1) is 15.5. The molecule has 1 amide bonds. The topological polar surface area (TPSA) is 70.7 Å². The van der Waals surface area contributed by atoms with Crippen LogP contribution in [-0.2, 0) is 6.42 Å². The molecular weight excluding hydrogens is 336 g/mol. The van der Waals surface area contributed by atoms with Gasteiger partial charge in [-0.1, -0.05) is 36.4 Å². The molecule has 0 saturated carbocycles. The number of nitrogens with one attached hydrogen (secondary N) is 2. The molecule has 5 rings (SSSR count). The van der Waals surface area contributed by atoms with Crippen molar-refractivity contribution in [3.05, 3.63) is 83.8 Å². The Hall–Kier alpha value is -3.73. The second kappa shape index (κ2) is 6.21. The summed E-state index contributed by atoms with van der Waals surface area (Å²) in [4.78, 5) is 16.7. The van der Waals surface area contributed by atoms with E-state index >= 15 is 0 Å². The van der Waals surface area contributed by atoms with E-state index in [0.717, 1.165) is 28.5 Å². The fourth-order valence-electron chi connectivity index (χ4n) is 3.44. The minimum absolute atomic E-state index is 0.242. The Morgan fingerprint density at radius 3 is 2.93 bits per heavy atom. The number of aromatic amines is 1. The number of carbonyl (C=O) groups is 1. The van der Waals surface area contributed by atoms with Crippen LogP contribution in [0.5, 0.6) is 0 Å². The van der Waals surface area contributed by atoms with E-state index in [-0.39, 0.29) is 5.91 Å². The third-order valence-corrected chi connectivity index (χ3v) is 4.82. The number of hydrogen-bond donors (Lipinski definition) is 2. The number of rotatable bonds is 3. The van der Waals surface area contributed by atoms with Gasteiger partial charge in [-0.25, -0.2) is 0 Å². The summed E-state index contributed by atoms with van der Waals surface area (Å²) >= 11 is 0. The van der Waals surface area contributed by atoms with Crippen molar-refractivity contribution in [2.75, 3.05) is 5.32 Å². The highest BCUT2D eigenvalue weighted by Crippen LogP contribution is 2.32. The molecule has 1 aliphatic rings. The van der Waals surface area contributed by atoms with E-state index in [1.807, 2.05) is 6.07 Å². The molecule has 0 saturated heterocycles. The molecule has 2 N–H and O–H groups in total. The number of pyridine rings is 1. The average Bonchev–Trinajstić information content (AvgIpc) is 3.37. The minimum Gasteiger partial charge on any atom is -0.320 e. The van der Waals surface area contributed by atoms with Gasteiger partial charge in [0, 0.05) is 11.6 Å². The predicted molar refractivity (Wildman–Crippen MR) is 106 cm³/mol. The molecule has 2 aromatic carbocycles. The molecule has 130 valence electrons. The Morgan fingerprint density at radius 2 is 2.04 bits per heavy atom. The third kappa shape index (κ3) is 2.79. The van der Waals surface area contributed by atoms with Crippen molar-refractivity contribution >= 4 is 28.6 Å². The summed E-state index contributed by atoms with van der Waals surface area (Å²) in [6, 6.07) is 15.8. The lowest BCUT2D eigenvalue weighted by molar-refractivity contribution is 0.102. The van der Waals surface area contributed by atoms with E-state index in [4.69, 9.17) is 0 Å². The van der Waals surface area contributed by atoms with E-state index < -0.39 is 0 Å². The van der Waals surface area contributed by atoms with Crippen molar-refractivity contribution in [3.8, 4) is 11.1 Å². The van der Waals surface area contributed by atoms with Crippen molar-refractivity contribution in [1.29, 1.82) is 0 Å². The lowest BCUT2D eigenvalue weighted by atomic mass is 9.98. The Labute approximate surface area is 155 Å². The van der Waals surface area contributed by atoms with Crippen molar-refractivity contribution in [3.63, 3.8) is 0 Å². The summed E-state index contributed by atoms with van der Waals surface area (Å²) in [6.07, 6.45) is 8.61. The van der Waals surface area contributed by atoms with Crippen LogP contribution in [0, 0.1) is 0 Å². The highest BCUT2D eigenvalue weighted by Gasteiger charge is 2.13. The molecule has 1 aliphatic carbocycles. The molecule has 5 nitrogen and oxygen atoms in total. The summed E-state index contributed by atoms with van der Waals surface area (Å²) in [7, 11) is 0. The number of benzene rings is 2. The molecule has 0 radical (unpaired) electrons. The van der Waals surface area contributed by atoms with Gasteiger partial charge in [-0.05, 0) is 52.9 Å². The van der Waals surface area contributed by atoms with Crippen molar-refractivity contribution < 1.29 is 4.79 Å². The highest BCUT2D eigenvalue weighted by atomic mass is 16.1. The first-order valence-corrected chi connectivity index (χ1v) is 8.77. The maximum atomic E-state index is 12.6. The van der Waals surface area contributed by atoms with Crippen molar-refractivity contribution in [1.82, 2.24) is 15.2 Å². The first-order valence-electron chi connectivity index (χ1n) is 8.77. The number of allylic oxidation sites excluding steroid dienone is 1. The van der Waals surface area contributed by atoms with Gasteiger partial charge in [0.25, 0.3) is 5.91 Å². The molecule has 0 spiro atoms. The van der Waals surface area contributed by atoms with Crippen LogP contribution in [0.3, 0.4) is 0 Å². The molecule has 0 fully saturated rings. The smallest absolute Gasteiger partial charge is 0.274 e. The quantitative estimate of drug-likeness (QED) is 0.572. The fourth-order valence-corrected chi connectivity index (χ4v) is 3.44. The summed E-state index contributed by atoms with van der Waals surface area (Å²) < 4.78 is 0. The van der Waals surface area contributed by atoms with E-state index in [2.05, 4.69) is 56.9 Å². The normalized spacial score (nSPS) is 12.3. The molecule has 0 atom stereocenters. The van der Waals surface area contributed by atoms with Crippen LogP contribution in [0.4, 0.5) is 5.69 Å². The van der Waals surface area contributed by atoms with E-state index in [1.54, 1.807) is 30.6 Å². The maximum absolute atomic E-state index is 12.6. The van der Waals surface area contributed by atoms with Gasteiger partial charge in [0.1, 0.15) is 5.69 Å². The zero-order valence-corrected chi connectivity index (χ0v) is 14.4. The number of carbonyl (C=O) groups excluding carboxylic acids is 1. The average molecular weight is 352 g/mol. The Kier molecular flexibility index (Phi) is 3.57. The van der Waals surface area contributed by atoms with E-state index in [9.17, 15) is 4.79 Å². The summed E-state index contributed by atoms with van der Waals surface area (Å²) in [5, 5.41) is 11.0. The Morgan fingerprint density at radius 1 is 1.07 bits per heavy atom. The van der Waals surface area contributed by atoms with Crippen LogP contribution >= 0.6 is 0 Å². The molecule has 27 heavy (non-hydrogen) atoms. The number of nitrogens with zero attached hydrogens (tertiary/aromatic N) is 2. The van der Waals surface area contributed by atoms with Crippen LogP contribution in [0.15, 0.2) is 67.0 Å². The molecule has 0 unspecified atom stereocenters. The molecule has 2 heterocycles. The largest absolute Gasteiger partial charge is 0.320 e. The van der Waals surface area contributed by atoms with Crippen LogP contribution in [-0.4, -0.2) is 21.1 Å². The van der Waals surface area contributed by atoms with Crippen LogP contribution in [0.2, 0.25) is 0 Å². The van der Waals surface area contributed by atoms with Gasteiger partial charge in [-0.3, -0.25) is 14.9 Å². The molecule has 0 aliphatic heterocycles. The highest BCUT2D eigenvalue weighted by molar-refractivity contribution is 6.08. The third-order valence-electron chi connectivity index (χ3n) is 4.82. The summed E-state index contributed by atoms with van der Waals surface area (Å²) in [6.45, 7) is 0. The van der Waals surface area contributed by atoms with Crippen molar-refractivity contribution in [2.45, 2.75) is 6.42 Å². The van der Waals surface area contributed by atoms with Gasteiger partial charge in [0.15, 0.2) is 0 Å². The van der Waals surface area contributed by atoms with Gasteiger partial charge < -0.3 is 5.32 Å². The number of H-pyrrole nitrogens is 1. The van der Waals surface area contributed by atoms with Crippen LogP contribution in [0.1, 0.15) is 21.6 Å². The van der Waals surface area contributed by atoms with Gasteiger partial charge in [0.2, 0.25) is 0 Å². The minimum atomic E-state index is -0.242. The molecule has 0 bridgehead atoms. The number of anilines is 1. The molecule has 4 aromatic rings. The standard InChI is InChI=1S/C22H16N4O/c27-22(19-6-1-2-9-23-19)25-20-11-17(12-21-18(20)13-24-26-21)16-8-7-14-4-3-5-15(14)10-16/h1-4,6-13H,5H2,(H,24,26)(H,25,27). The molecule has 2 aromatic heterocycles. The number of hydrogen-bond acceptors (Lipinski definition) is 3. The maximum Gasteiger partial charge on any atom is 0.274 e. The number of fused-ring (bicyclic) bond motifs is 2. The molecule has 5 heteroatoms. The summed E-state index contributed by atoms with van der Waals surface area (Å²) in [5.41, 5.74) is 6.69. The number of aromatic nitrogens is 3. The molecular formula is C22H16N4O. The second-order valence-corrected chi connectivity index (χ2v) is 6.54. The second-order valence-electron chi connectivity index (χ2n) is 6.54. The van der Waals surface area contributed by atoms with Crippen LogP contribution < -0.4 is 5.32 Å². The first-order chi connectivity index (χ1) is 13.3. The zero-order chi connectivity index (χ0) is 18.2. The fraction of sp³-hybridized carbons (Fsp3) is 0.0455. The zero-order valence-electron chi connectivity index (χ0n) is 14.4. The summed E-state index contributed by atoms with van der Waals surface area (Å²) in [5.74, 6) is -0.242. The van der Waals surface area contributed by atoms with Gasteiger partial charge in [-0.2, -0.15) is 5.10 Å². The van der Waals surface area contributed by atoms with Gasteiger partial charge in [0.05, 0.1) is 17.4 Å². The SMILES string of the molecule is O=C(Nc1cc(-c2ccc3c(c2)CC=C3)cc2[nH]ncc12)c1ccccn1. The van der Waals surface area contributed by atoms with Gasteiger partial charge >= 0.3 is 0 Å². The van der Waals surface area contributed by atoms with E-state index in [1.165, 1.54) is 11.1 Å². The van der Waals surface area contributed by atoms with Crippen molar-refractivity contribution in [2.24, 2.45) is 0 Å². The van der Waals surface area contributed by atoms with Gasteiger partial charge in [-0.15, -0.1) is 0 Å². The lowest BCUT2D eigenvalue weighted by Gasteiger charge is -2.10. The lowest BCUT2D eigenvalue weighted by Crippen LogP contribution is -2.13. The van der Waals surface area contributed by atoms with E-state index in [0.29, 0.717) is 11.4 Å². The predicted octanol–water partition coefficient (Wildman–Crippen LogP) is 4.45. The van der Waals surface area contributed by atoms with Crippen LogP contribution in [0.25, 0.3) is 28.1 Å². The Bertz CT molecular complexity index is 1190. The Balaban J connectivity index is 1.56.